The molecule has 3 heterocycles. The van der Waals surface area contributed by atoms with Crippen LogP contribution in [-0.4, -0.2) is 33.5 Å². The van der Waals surface area contributed by atoms with Crippen LogP contribution in [0, 0.1) is 0 Å². The first-order chi connectivity index (χ1) is 9.85. The Morgan fingerprint density at radius 3 is 3.25 bits per heavy atom. The molecule has 0 spiro atoms. The second-order valence-electron chi connectivity index (χ2n) is 4.70. The van der Waals surface area contributed by atoms with Crippen LogP contribution in [0.5, 0.6) is 0 Å². The van der Waals surface area contributed by atoms with Crippen LogP contribution >= 0.6 is 11.3 Å². The van der Waals surface area contributed by atoms with E-state index in [1.54, 1.807) is 11.6 Å². The summed E-state index contributed by atoms with van der Waals surface area (Å²) in [4.78, 5) is 0.792. The van der Waals surface area contributed by atoms with Crippen LogP contribution in [0.1, 0.15) is 11.4 Å². The molecule has 0 aliphatic carbocycles. The van der Waals surface area contributed by atoms with Crippen LogP contribution in [0.2, 0.25) is 0 Å². The lowest BCUT2D eigenvalue weighted by atomic mass is 10.1. The third kappa shape index (κ3) is 1.78. The SMILES string of the molecule is COCc1nnc2sc(-c3ccc4c(c3)NCC4)nn12. The summed E-state index contributed by atoms with van der Waals surface area (Å²) in [5.41, 5.74) is 3.69. The van der Waals surface area contributed by atoms with Crippen molar-refractivity contribution in [3.8, 4) is 10.6 Å². The number of hydrogen-bond acceptors (Lipinski definition) is 6. The molecule has 3 aromatic rings. The van der Waals surface area contributed by atoms with Crippen molar-refractivity contribution in [2.75, 3.05) is 19.0 Å². The van der Waals surface area contributed by atoms with Crippen molar-refractivity contribution in [2.45, 2.75) is 13.0 Å². The van der Waals surface area contributed by atoms with Gasteiger partial charge in [0.15, 0.2) is 5.82 Å². The molecule has 4 rings (SSSR count). The molecule has 0 atom stereocenters. The van der Waals surface area contributed by atoms with Crippen molar-refractivity contribution in [1.82, 2.24) is 19.8 Å². The number of anilines is 1. The number of hydrogen-bond donors (Lipinski definition) is 1. The van der Waals surface area contributed by atoms with Gasteiger partial charge in [0, 0.05) is 24.9 Å². The molecule has 1 N–H and O–H groups in total. The molecule has 0 saturated carbocycles. The molecule has 20 heavy (non-hydrogen) atoms. The summed E-state index contributed by atoms with van der Waals surface area (Å²) in [6.45, 7) is 1.43. The molecule has 0 radical (unpaired) electrons. The minimum absolute atomic E-state index is 0.413. The van der Waals surface area contributed by atoms with Gasteiger partial charge in [-0.2, -0.15) is 9.61 Å². The first-order valence-corrected chi connectivity index (χ1v) is 7.24. The van der Waals surface area contributed by atoms with E-state index in [1.165, 1.54) is 22.6 Å². The zero-order valence-corrected chi connectivity index (χ0v) is 11.8. The minimum atomic E-state index is 0.413. The number of rotatable bonds is 3. The normalized spacial score (nSPS) is 13.7. The van der Waals surface area contributed by atoms with E-state index in [9.17, 15) is 0 Å². The predicted octanol–water partition coefficient (Wildman–Crippen LogP) is 1.97. The lowest BCUT2D eigenvalue weighted by Crippen LogP contribution is -1.97. The Hall–Kier alpha value is -1.99. The fourth-order valence-corrected chi connectivity index (χ4v) is 3.27. The molecule has 2 aromatic heterocycles. The molecule has 1 aromatic carbocycles. The maximum Gasteiger partial charge on any atom is 0.235 e. The van der Waals surface area contributed by atoms with E-state index in [0.717, 1.165) is 34.3 Å². The average molecular weight is 287 g/mol. The van der Waals surface area contributed by atoms with Gasteiger partial charge in [-0.1, -0.05) is 23.5 Å². The summed E-state index contributed by atoms with van der Waals surface area (Å²) in [5, 5.41) is 17.1. The fourth-order valence-electron chi connectivity index (χ4n) is 2.42. The summed E-state index contributed by atoms with van der Waals surface area (Å²) in [6, 6.07) is 6.45. The Morgan fingerprint density at radius 2 is 2.35 bits per heavy atom. The Labute approximate surface area is 119 Å². The second kappa shape index (κ2) is 4.53. The first kappa shape index (κ1) is 11.8. The monoisotopic (exact) mass is 287 g/mol. The molecule has 7 heteroatoms. The summed E-state index contributed by atoms with van der Waals surface area (Å²) in [5.74, 6) is 0.726. The summed E-state index contributed by atoms with van der Waals surface area (Å²) in [6.07, 6.45) is 1.10. The highest BCUT2D eigenvalue weighted by molar-refractivity contribution is 7.19. The summed E-state index contributed by atoms with van der Waals surface area (Å²) < 4.78 is 6.86. The minimum Gasteiger partial charge on any atom is -0.384 e. The van der Waals surface area contributed by atoms with Gasteiger partial charge in [0.05, 0.1) is 0 Å². The van der Waals surface area contributed by atoms with E-state index < -0.39 is 0 Å². The zero-order valence-electron chi connectivity index (χ0n) is 11.0. The van der Waals surface area contributed by atoms with Crippen LogP contribution in [0.3, 0.4) is 0 Å². The van der Waals surface area contributed by atoms with Crippen LogP contribution in [0.4, 0.5) is 5.69 Å². The number of nitrogens with one attached hydrogen (secondary N) is 1. The third-order valence-corrected chi connectivity index (χ3v) is 4.34. The first-order valence-electron chi connectivity index (χ1n) is 6.42. The Kier molecular flexibility index (Phi) is 2.68. The van der Waals surface area contributed by atoms with Gasteiger partial charge < -0.3 is 10.1 Å². The highest BCUT2D eigenvalue weighted by Crippen LogP contribution is 2.31. The van der Waals surface area contributed by atoms with Crippen molar-refractivity contribution >= 4 is 22.0 Å². The zero-order chi connectivity index (χ0) is 13.5. The highest BCUT2D eigenvalue weighted by Gasteiger charge is 2.15. The molecule has 0 saturated heterocycles. The molecule has 6 nitrogen and oxygen atoms in total. The predicted molar refractivity (Wildman–Crippen MR) is 77.0 cm³/mol. The highest BCUT2D eigenvalue weighted by atomic mass is 32.1. The Bertz CT molecular complexity index is 778. The van der Waals surface area contributed by atoms with Crippen molar-refractivity contribution in [3.05, 3.63) is 29.6 Å². The van der Waals surface area contributed by atoms with E-state index >= 15 is 0 Å². The van der Waals surface area contributed by atoms with Crippen LogP contribution in [0.25, 0.3) is 15.5 Å². The van der Waals surface area contributed by atoms with Crippen LogP contribution < -0.4 is 5.32 Å². The van der Waals surface area contributed by atoms with Crippen molar-refractivity contribution < 1.29 is 4.74 Å². The third-order valence-electron chi connectivity index (χ3n) is 3.40. The quantitative estimate of drug-likeness (QED) is 0.798. The second-order valence-corrected chi connectivity index (χ2v) is 5.66. The molecular weight excluding hydrogens is 274 g/mol. The molecule has 0 bridgehead atoms. The number of methoxy groups -OCH3 is 1. The Morgan fingerprint density at radius 1 is 1.40 bits per heavy atom. The summed E-state index contributed by atoms with van der Waals surface area (Å²) >= 11 is 1.54. The molecule has 0 amide bonds. The lowest BCUT2D eigenvalue weighted by Gasteiger charge is -2.01. The lowest BCUT2D eigenvalue weighted by molar-refractivity contribution is 0.176. The standard InChI is InChI=1S/C13H13N5OS/c1-19-7-11-15-16-13-18(11)17-12(20-13)9-3-2-8-4-5-14-10(8)6-9/h2-3,6,14H,4-5,7H2,1H3. The largest absolute Gasteiger partial charge is 0.384 e. The number of fused-ring (bicyclic) bond motifs is 2. The smallest absolute Gasteiger partial charge is 0.235 e. The Balaban J connectivity index is 1.78. The van der Waals surface area contributed by atoms with Gasteiger partial charge in [0.25, 0.3) is 0 Å². The molecule has 1 aliphatic rings. The van der Waals surface area contributed by atoms with Crippen LogP contribution in [0.15, 0.2) is 18.2 Å². The molecular formula is C13H13N5OS. The van der Waals surface area contributed by atoms with Gasteiger partial charge in [-0.25, -0.2) is 0 Å². The van der Waals surface area contributed by atoms with E-state index in [-0.39, 0.29) is 0 Å². The van der Waals surface area contributed by atoms with E-state index in [2.05, 4.69) is 38.8 Å². The van der Waals surface area contributed by atoms with Gasteiger partial charge in [-0.05, 0) is 18.1 Å². The van der Waals surface area contributed by atoms with E-state index in [4.69, 9.17) is 4.74 Å². The fraction of sp³-hybridized carbons (Fsp3) is 0.308. The maximum atomic E-state index is 5.10. The average Bonchev–Trinajstić information content (AvgIpc) is 3.14. The van der Waals surface area contributed by atoms with Crippen molar-refractivity contribution in [1.29, 1.82) is 0 Å². The number of aromatic nitrogens is 4. The molecule has 0 unspecified atom stereocenters. The van der Waals surface area contributed by atoms with Gasteiger partial charge in [-0.15, -0.1) is 10.2 Å². The van der Waals surface area contributed by atoms with E-state index in [1.807, 2.05) is 0 Å². The van der Waals surface area contributed by atoms with Crippen molar-refractivity contribution in [3.63, 3.8) is 0 Å². The maximum absolute atomic E-state index is 5.10. The topological polar surface area (TPSA) is 64.3 Å². The number of benzene rings is 1. The molecule has 102 valence electrons. The van der Waals surface area contributed by atoms with Gasteiger partial charge in [0.2, 0.25) is 4.96 Å². The molecule has 0 fully saturated rings. The van der Waals surface area contributed by atoms with E-state index in [0.29, 0.717) is 6.61 Å². The number of ether oxygens (including phenoxy) is 1. The van der Waals surface area contributed by atoms with Crippen molar-refractivity contribution in [2.24, 2.45) is 0 Å². The van der Waals surface area contributed by atoms with Crippen LogP contribution in [-0.2, 0) is 17.8 Å². The summed E-state index contributed by atoms with van der Waals surface area (Å²) in [7, 11) is 1.64. The molecule has 1 aliphatic heterocycles. The van der Waals surface area contributed by atoms with Gasteiger partial charge >= 0.3 is 0 Å². The van der Waals surface area contributed by atoms with Gasteiger partial charge in [0.1, 0.15) is 11.6 Å². The van der Waals surface area contributed by atoms with Gasteiger partial charge in [-0.3, -0.25) is 0 Å². The number of nitrogens with zero attached hydrogens (tertiary/aromatic N) is 4.